The van der Waals surface area contributed by atoms with Gasteiger partial charge in [-0.3, -0.25) is 45.0 Å². The van der Waals surface area contributed by atoms with Crippen LogP contribution in [0, 0.1) is 37.0 Å². The number of para-hydroxylation sites is 3. The van der Waals surface area contributed by atoms with Crippen molar-refractivity contribution in [3.05, 3.63) is 196 Å². The van der Waals surface area contributed by atoms with Crippen molar-refractivity contribution in [1.82, 2.24) is 46.9 Å². The van der Waals surface area contributed by atoms with Crippen LogP contribution in [-0.4, -0.2) is 106 Å². The van der Waals surface area contributed by atoms with E-state index in [1.54, 1.807) is 36.4 Å². The lowest BCUT2D eigenvalue weighted by molar-refractivity contribution is -0.126. The number of H-pyrrole nitrogens is 3. The van der Waals surface area contributed by atoms with Gasteiger partial charge in [-0.2, -0.15) is 0 Å². The number of amides is 6. The third-order valence-corrected chi connectivity index (χ3v) is 16.5. The fraction of sp³-hybridized carbons (Fsp3) is 0.271. The number of aromatic nitrogens is 3. The lowest BCUT2D eigenvalue weighted by Gasteiger charge is -2.22. The summed E-state index contributed by atoms with van der Waals surface area (Å²) in [5.74, 6) is -3.41. The van der Waals surface area contributed by atoms with E-state index in [0.29, 0.717) is 56.0 Å². The van der Waals surface area contributed by atoms with E-state index in [-0.39, 0.29) is 74.1 Å². The van der Waals surface area contributed by atoms with Gasteiger partial charge >= 0.3 is 0 Å². The molecule has 0 fully saturated rings. The van der Waals surface area contributed by atoms with Crippen molar-refractivity contribution >= 4 is 103 Å². The fourth-order valence-corrected chi connectivity index (χ4v) is 11.8. The number of nitrogens with one attached hydrogen (secondary N) is 15. The van der Waals surface area contributed by atoms with Crippen LogP contribution in [0.25, 0.3) is 32.7 Å². The molecule has 0 saturated heterocycles. The summed E-state index contributed by atoms with van der Waals surface area (Å²) in [7, 11) is 0. The van der Waals surface area contributed by atoms with E-state index in [1.807, 2.05) is 130 Å². The zero-order valence-corrected chi connectivity index (χ0v) is 52.8. The van der Waals surface area contributed by atoms with Gasteiger partial charge in [0.1, 0.15) is 18.1 Å². The number of fused-ring (bicyclic) bond motifs is 3. The number of carbonyl (C=O) groups excluding carboxylic acids is 6. The highest BCUT2D eigenvalue weighted by Gasteiger charge is 2.27. The Morgan fingerprint density at radius 1 is 0.383 bits per heavy atom. The van der Waals surface area contributed by atoms with Crippen molar-refractivity contribution in [2.24, 2.45) is 17.2 Å². The molecular formula is C70H82N18O6. The quantitative estimate of drug-likeness (QED) is 0.00934. The highest BCUT2D eigenvalue weighted by atomic mass is 16.2. The Bertz CT molecular complexity index is 3780. The summed E-state index contributed by atoms with van der Waals surface area (Å²) in [6, 6.07) is 42.3. The second-order valence-electron chi connectivity index (χ2n) is 23.4. The Kier molecular flexibility index (Phi) is 22.5. The maximum Gasteiger partial charge on any atom is 0.246 e. The van der Waals surface area contributed by atoms with Crippen molar-refractivity contribution in [2.75, 3.05) is 35.6 Å². The number of rotatable bonds is 30. The zero-order chi connectivity index (χ0) is 66.8. The second kappa shape index (κ2) is 31.5. The number of carbonyl (C=O) groups is 6. The SMILES string of the molecule is Cc1[nH]c2ccccc2c1CC(=O)N[C@@H](CCCNC(=N)N)C(=O)Nc1ccc(C(c2ccc(NC(=O)[C@H](CCCNC(=N)N)NC(=O)Cc3c(C)[nH]c4ccccc34)cc2)c2ccc(NC(=O)[C@H](CCCNC(=N)N)NC(=O)Cc3c(C)[nH]c4ccccc34)cc2)cc1. The molecule has 94 heavy (non-hydrogen) atoms. The van der Waals surface area contributed by atoms with Crippen molar-refractivity contribution in [3.63, 3.8) is 0 Å². The van der Waals surface area contributed by atoms with Gasteiger partial charge in [-0.15, -0.1) is 0 Å². The minimum atomic E-state index is -0.938. The molecular weight excluding hydrogens is 1190 g/mol. The molecule has 0 aliphatic rings. The van der Waals surface area contributed by atoms with Gasteiger partial charge in [0.25, 0.3) is 0 Å². The largest absolute Gasteiger partial charge is 0.370 e. The van der Waals surface area contributed by atoms with Gasteiger partial charge in [0.15, 0.2) is 17.9 Å². The molecule has 6 amide bonds. The fourth-order valence-electron chi connectivity index (χ4n) is 11.8. The van der Waals surface area contributed by atoms with E-state index < -0.39 is 41.8 Å². The van der Waals surface area contributed by atoms with Crippen LogP contribution in [0.3, 0.4) is 0 Å². The van der Waals surface area contributed by atoms with Crippen molar-refractivity contribution in [3.8, 4) is 0 Å². The molecule has 6 aromatic carbocycles. The molecule has 488 valence electrons. The molecule has 9 aromatic rings. The number of hydrogen-bond acceptors (Lipinski definition) is 9. The molecule has 24 nitrogen and oxygen atoms in total. The number of nitrogens with two attached hydrogens (primary N) is 3. The summed E-state index contributed by atoms with van der Waals surface area (Å²) in [5.41, 5.74) is 28.2. The Hall–Kier alpha value is -11.4. The van der Waals surface area contributed by atoms with Crippen LogP contribution >= 0.6 is 0 Å². The maximum atomic E-state index is 14.2. The Morgan fingerprint density at radius 2 is 0.638 bits per heavy atom. The highest BCUT2D eigenvalue weighted by Crippen LogP contribution is 2.35. The summed E-state index contributed by atoms with van der Waals surface area (Å²) < 4.78 is 0. The summed E-state index contributed by atoms with van der Waals surface area (Å²) in [5, 5.41) is 51.7. The van der Waals surface area contributed by atoms with E-state index in [9.17, 15) is 28.8 Å². The molecule has 3 atom stereocenters. The first-order valence-corrected chi connectivity index (χ1v) is 31.3. The van der Waals surface area contributed by atoms with Crippen LogP contribution in [-0.2, 0) is 48.0 Å². The Morgan fingerprint density at radius 3 is 0.894 bits per heavy atom. The van der Waals surface area contributed by atoms with E-state index in [1.165, 1.54) is 0 Å². The molecule has 0 unspecified atom stereocenters. The van der Waals surface area contributed by atoms with Gasteiger partial charge in [0.2, 0.25) is 35.4 Å². The van der Waals surface area contributed by atoms with E-state index in [2.05, 4.69) is 62.8 Å². The molecule has 0 saturated carbocycles. The predicted octanol–water partition coefficient (Wildman–Crippen LogP) is 7.02. The van der Waals surface area contributed by atoms with Gasteiger partial charge in [0, 0.05) is 92.4 Å². The van der Waals surface area contributed by atoms with Gasteiger partial charge in [-0.25, -0.2) is 0 Å². The summed E-state index contributed by atoms with van der Waals surface area (Å²) in [6.45, 7) is 6.66. The van der Waals surface area contributed by atoms with Gasteiger partial charge < -0.3 is 80.0 Å². The van der Waals surface area contributed by atoms with Gasteiger partial charge in [-0.05, 0) is 147 Å². The number of anilines is 3. The first-order chi connectivity index (χ1) is 45.3. The summed E-state index contributed by atoms with van der Waals surface area (Å²) in [4.78, 5) is 93.8. The van der Waals surface area contributed by atoms with Crippen molar-refractivity contribution in [2.45, 2.75) is 103 Å². The number of aromatic amines is 3. The highest BCUT2D eigenvalue weighted by molar-refractivity contribution is 6.01. The van der Waals surface area contributed by atoms with Crippen LogP contribution in [0.15, 0.2) is 146 Å². The first kappa shape index (κ1) is 67.0. The van der Waals surface area contributed by atoms with Crippen LogP contribution < -0.4 is 65.1 Å². The van der Waals surface area contributed by atoms with Crippen LogP contribution in [0.4, 0.5) is 17.1 Å². The van der Waals surface area contributed by atoms with Gasteiger partial charge in [-0.1, -0.05) is 91.0 Å². The third kappa shape index (κ3) is 18.0. The lowest BCUT2D eigenvalue weighted by atomic mass is 9.85. The molecule has 0 spiro atoms. The zero-order valence-electron chi connectivity index (χ0n) is 52.8. The molecule has 0 aliphatic carbocycles. The molecule has 3 heterocycles. The summed E-state index contributed by atoms with van der Waals surface area (Å²) >= 11 is 0. The van der Waals surface area contributed by atoms with Crippen LogP contribution in [0.2, 0.25) is 0 Å². The van der Waals surface area contributed by atoms with Crippen LogP contribution in [0.1, 0.15) is 94.9 Å². The van der Waals surface area contributed by atoms with Crippen molar-refractivity contribution in [1.29, 1.82) is 16.2 Å². The Labute approximate surface area is 544 Å². The van der Waals surface area contributed by atoms with E-state index in [4.69, 9.17) is 33.4 Å². The number of benzene rings is 6. The molecule has 9 rings (SSSR count). The molecule has 21 N–H and O–H groups in total. The smallest absolute Gasteiger partial charge is 0.246 e. The first-order valence-electron chi connectivity index (χ1n) is 31.3. The van der Waals surface area contributed by atoms with E-state index >= 15 is 0 Å². The van der Waals surface area contributed by atoms with E-state index in [0.717, 1.165) is 83.2 Å². The second-order valence-corrected chi connectivity index (χ2v) is 23.4. The van der Waals surface area contributed by atoms with Crippen molar-refractivity contribution < 1.29 is 28.8 Å². The summed E-state index contributed by atoms with van der Waals surface area (Å²) in [6.07, 6.45) is 2.13. The van der Waals surface area contributed by atoms with Gasteiger partial charge in [0.05, 0.1) is 19.3 Å². The predicted molar refractivity (Wildman–Crippen MR) is 370 cm³/mol. The average Bonchev–Trinajstić information content (AvgIpc) is 1.21. The average molecular weight is 1270 g/mol. The normalized spacial score (nSPS) is 12.4. The standard InChI is InChI=1S/C70H82N18O6/c1-40-52(49-13-4-7-16-55(49)80-40)37-61(89)86-58(19-10-34-77-68(71)72)65(92)83-46-28-22-43(23-29-46)64(44-24-30-47(31-25-44)84-66(93)59(20-11-35-78-69(73)74)87-62(90)38-53-41(2)81-56-17-8-5-14-50(53)56)45-26-32-48(33-27-45)85-67(94)60(21-12-36-79-70(75)76)88-63(91)39-54-42(3)82-57-18-9-6-15-51(54)57/h4-9,13-18,22-33,58-60,64,80-82H,10-12,19-21,34-39H2,1-3H3,(H,83,92)(H,84,93)(H,85,94)(H,86,89)(H,87,90)(H,88,91)(H4,71,72,77)(H4,73,74,78)(H4,75,76,79)/t58-,59-,60-/m0/s1. The third-order valence-electron chi connectivity index (χ3n) is 16.5. The molecule has 3 aromatic heterocycles. The molecule has 0 aliphatic heterocycles. The monoisotopic (exact) mass is 1270 g/mol. The molecule has 0 bridgehead atoms. The van der Waals surface area contributed by atoms with Crippen LogP contribution in [0.5, 0.6) is 0 Å². The minimum absolute atomic E-state index is 0.0432. The minimum Gasteiger partial charge on any atom is -0.370 e. The maximum absolute atomic E-state index is 14.2. The number of hydrogen-bond donors (Lipinski definition) is 18. The number of aryl methyl sites for hydroxylation is 3. The number of guanidine groups is 3. The lowest BCUT2D eigenvalue weighted by Crippen LogP contribution is -2.45. The molecule has 24 heteroatoms. The Balaban J connectivity index is 0.951. The molecule has 0 radical (unpaired) electrons. The topological polar surface area (TPSA) is 408 Å².